The van der Waals surface area contributed by atoms with Crippen LogP contribution in [-0.2, 0) is 11.3 Å². The summed E-state index contributed by atoms with van der Waals surface area (Å²) < 4.78 is 39.2. The van der Waals surface area contributed by atoms with Crippen LogP contribution in [0.4, 0.5) is 8.78 Å². The summed E-state index contributed by atoms with van der Waals surface area (Å²) in [5.74, 6) is -2.23. The van der Waals surface area contributed by atoms with Crippen molar-refractivity contribution < 1.29 is 23.0 Å². The predicted octanol–water partition coefficient (Wildman–Crippen LogP) is 4.33. The second-order valence-corrected chi connectivity index (χ2v) is 5.92. The van der Waals surface area contributed by atoms with Crippen molar-refractivity contribution in [3.8, 4) is 5.75 Å². The normalized spacial score (nSPS) is 11.0. The lowest BCUT2D eigenvalue weighted by Crippen LogP contribution is -2.09. The number of aryl methyl sites for hydroxylation is 1. The zero-order valence-corrected chi connectivity index (χ0v) is 14.8. The number of imidazole rings is 1. The summed E-state index contributed by atoms with van der Waals surface area (Å²) in [7, 11) is 0. The molecule has 3 rings (SSSR count). The van der Waals surface area contributed by atoms with Crippen LogP contribution in [0.25, 0.3) is 5.65 Å². The molecular weight excluding hydrogens is 366 g/mol. The molecule has 0 saturated heterocycles. The quantitative estimate of drug-likeness (QED) is 0.618. The van der Waals surface area contributed by atoms with Gasteiger partial charge in [-0.3, -0.25) is 4.40 Å². The van der Waals surface area contributed by atoms with Crippen LogP contribution in [0.1, 0.15) is 28.7 Å². The molecule has 3 aromatic rings. The van der Waals surface area contributed by atoms with Crippen molar-refractivity contribution in [2.24, 2.45) is 0 Å². The molecule has 1 aromatic carbocycles. The number of nitrogens with zero attached hydrogens (tertiary/aromatic N) is 2. The number of hydrogen-bond acceptors (Lipinski definition) is 4. The van der Waals surface area contributed by atoms with Gasteiger partial charge in [0, 0.05) is 17.8 Å². The minimum atomic E-state index is -0.975. The van der Waals surface area contributed by atoms with Crippen LogP contribution in [0.15, 0.2) is 30.5 Å². The fourth-order valence-corrected chi connectivity index (χ4v) is 2.76. The molecule has 0 aliphatic carbocycles. The number of pyridine rings is 1. The standard InChI is InChI=1S/C18H15ClF2N2O3/c1-3-25-18(24)16-10(2)22-17-14(7-12(19)8-23(16)17)26-9-11-5-4-6-13(20)15(11)21/h4-8H,3,9H2,1-2H3. The van der Waals surface area contributed by atoms with Gasteiger partial charge in [0.25, 0.3) is 0 Å². The molecule has 0 atom stereocenters. The molecule has 2 aromatic heterocycles. The number of esters is 1. The van der Waals surface area contributed by atoms with Crippen molar-refractivity contribution in [2.45, 2.75) is 20.5 Å². The lowest BCUT2D eigenvalue weighted by atomic mass is 10.2. The molecule has 8 heteroatoms. The van der Waals surface area contributed by atoms with Gasteiger partial charge in [0.05, 0.1) is 17.3 Å². The van der Waals surface area contributed by atoms with E-state index in [9.17, 15) is 13.6 Å². The highest BCUT2D eigenvalue weighted by atomic mass is 35.5. The molecule has 26 heavy (non-hydrogen) atoms. The molecule has 0 aliphatic heterocycles. The first-order valence-corrected chi connectivity index (χ1v) is 8.21. The largest absolute Gasteiger partial charge is 0.485 e. The van der Waals surface area contributed by atoms with E-state index in [1.807, 2.05) is 0 Å². The van der Waals surface area contributed by atoms with Gasteiger partial charge in [0.1, 0.15) is 6.61 Å². The molecule has 5 nitrogen and oxygen atoms in total. The molecule has 0 fully saturated rings. The highest BCUT2D eigenvalue weighted by Crippen LogP contribution is 2.28. The number of carbonyl (C=O) groups excluding carboxylic acids is 1. The van der Waals surface area contributed by atoms with Gasteiger partial charge >= 0.3 is 5.97 Å². The fourth-order valence-electron chi connectivity index (χ4n) is 2.56. The maximum Gasteiger partial charge on any atom is 0.357 e. The minimum Gasteiger partial charge on any atom is -0.485 e. The van der Waals surface area contributed by atoms with Crippen molar-refractivity contribution in [1.82, 2.24) is 9.38 Å². The van der Waals surface area contributed by atoms with E-state index in [0.717, 1.165) is 6.07 Å². The average molecular weight is 381 g/mol. The van der Waals surface area contributed by atoms with Gasteiger partial charge in [-0.15, -0.1) is 0 Å². The third kappa shape index (κ3) is 3.35. The lowest BCUT2D eigenvalue weighted by molar-refractivity contribution is 0.0517. The summed E-state index contributed by atoms with van der Waals surface area (Å²) in [6.07, 6.45) is 1.51. The number of hydrogen-bond donors (Lipinski definition) is 0. The van der Waals surface area contributed by atoms with Crippen molar-refractivity contribution in [3.63, 3.8) is 0 Å². The topological polar surface area (TPSA) is 52.8 Å². The maximum absolute atomic E-state index is 13.8. The average Bonchev–Trinajstić information content (AvgIpc) is 2.92. The molecule has 0 amide bonds. The smallest absolute Gasteiger partial charge is 0.357 e. The fraction of sp³-hybridized carbons (Fsp3) is 0.222. The summed E-state index contributed by atoms with van der Waals surface area (Å²) >= 11 is 6.11. The number of fused-ring (bicyclic) bond motifs is 1. The first-order valence-electron chi connectivity index (χ1n) is 7.83. The zero-order chi connectivity index (χ0) is 18.8. The van der Waals surface area contributed by atoms with Crippen LogP contribution < -0.4 is 4.74 Å². The Morgan fingerprint density at radius 2 is 2.12 bits per heavy atom. The van der Waals surface area contributed by atoms with E-state index in [1.54, 1.807) is 13.8 Å². The molecule has 0 N–H and O–H groups in total. The SMILES string of the molecule is CCOC(=O)c1c(C)nc2c(OCc3cccc(F)c3F)cc(Cl)cn12. The van der Waals surface area contributed by atoms with Gasteiger partial charge in [-0.25, -0.2) is 18.6 Å². The second-order valence-electron chi connectivity index (χ2n) is 5.48. The highest BCUT2D eigenvalue weighted by molar-refractivity contribution is 6.30. The highest BCUT2D eigenvalue weighted by Gasteiger charge is 2.21. The molecule has 0 saturated carbocycles. The Kier molecular flexibility index (Phi) is 5.08. The molecule has 0 unspecified atom stereocenters. The van der Waals surface area contributed by atoms with Crippen LogP contribution in [0.2, 0.25) is 5.02 Å². The van der Waals surface area contributed by atoms with Gasteiger partial charge in [-0.2, -0.15) is 0 Å². The minimum absolute atomic E-state index is 0.0528. The van der Waals surface area contributed by atoms with Crippen LogP contribution in [-0.4, -0.2) is 22.0 Å². The van der Waals surface area contributed by atoms with Crippen LogP contribution >= 0.6 is 11.6 Å². The second kappa shape index (κ2) is 7.29. The molecular formula is C18H15ClF2N2O3. The molecule has 0 aliphatic rings. The Hall–Kier alpha value is -2.67. The van der Waals surface area contributed by atoms with Crippen molar-refractivity contribution in [3.05, 3.63) is 64.1 Å². The molecule has 0 radical (unpaired) electrons. The number of halogens is 3. The van der Waals surface area contributed by atoms with E-state index in [0.29, 0.717) is 11.3 Å². The Morgan fingerprint density at radius 1 is 1.35 bits per heavy atom. The Morgan fingerprint density at radius 3 is 2.85 bits per heavy atom. The molecule has 0 spiro atoms. The van der Waals surface area contributed by atoms with Gasteiger partial charge in [-0.05, 0) is 19.9 Å². The molecule has 136 valence electrons. The monoisotopic (exact) mass is 380 g/mol. The Balaban J connectivity index is 2.00. The summed E-state index contributed by atoms with van der Waals surface area (Å²) in [6.45, 7) is 3.35. The van der Waals surface area contributed by atoms with Crippen molar-refractivity contribution >= 4 is 23.2 Å². The third-order valence-electron chi connectivity index (χ3n) is 3.71. The summed E-state index contributed by atoms with van der Waals surface area (Å²) in [4.78, 5) is 16.5. The third-order valence-corrected chi connectivity index (χ3v) is 3.92. The van der Waals surface area contributed by atoms with Gasteiger partial charge < -0.3 is 9.47 Å². The van der Waals surface area contributed by atoms with Crippen LogP contribution in [0, 0.1) is 18.6 Å². The van der Waals surface area contributed by atoms with E-state index in [-0.39, 0.29) is 35.2 Å². The number of rotatable bonds is 5. The van der Waals surface area contributed by atoms with E-state index in [2.05, 4.69) is 4.98 Å². The van der Waals surface area contributed by atoms with E-state index < -0.39 is 17.6 Å². The zero-order valence-electron chi connectivity index (χ0n) is 14.1. The van der Waals surface area contributed by atoms with E-state index in [1.165, 1.54) is 28.8 Å². The molecule has 2 heterocycles. The van der Waals surface area contributed by atoms with Crippen molar-refractivity contribution in [1.29, 1.82) is 0 Å². The number of carbonyl (C=O) groups is 1. The predicted molar refractivity (Wildman–Crippen MR) is 91.6 cm³/mol. The first-order chi connectivity index (χ1) is 12.4. The van der Waals surface area contributed by atoms with Crippen molar-refractivity contribution in [2.75, 3.05) is 6.61 Å². The number of ether oxygens (including phenoxy) is 2. The molecule has 0 bridgehead atoms. The number of benzene rings is 1. The maximum atomic E-state index is 13.8. The number of aromatic nitrogens is 2. The first kappa shape index (κ1) is 18.1. The summed E-state index contributed by atoms with van der Waals surface area (Å²) in [5.41, 5.74) is 1.04. The van der Waals surface area contributed by atoms with E-state index in [4.69, 9.17) is 21.1 Å². The van der Waals surface area contributed by atoms with Crippen LogP contribution in [0.5, 0.6) is 5.75 Å². The summed E-state index contributed by atoms with van der Waals surface area (Å²) in [6, 6.07) is 5.33. The van der Waals surface area contributed by atoms with Crippen LogP contribution in [0.3, 0.4) is 0 Å². The lowest BCUT2D eigenvalue weighted by Gasteiger charge is -2.10. The van der Waals surface area contributed by atoms with E-state index >= 15 is 0 Å². The van der Waals surface area contributed by atoms with Gasteiger partial charge in [0.2, 0.25) is 0 Å². The van der Waals surface area contributed by atoms with Gasteiger partial charge in [-0.1, -0.05) is 23.7 Å². The summed E-state index contributed by atoms with van der Waals surface area (Å²) in [5, 5.41) is 0.287. The Labute approximate surface area is 153 Å². The van der Waals surface area contributed by atoms with Gasteiger partial charge in [0.15, 0.2) is 28.7 Å². The Bertz CT molecular complexity index is 988.